The zero-order valence-electron chi connectivity index (χ0n) is 15.5. The van der Waals surface area contributed by atoms with Gasteiger partial charge in [-0.3, -0.25) is 4.79 Å². The first-order valence-corrected chi connectivity index (χ1v) is 9.26. The van der Waals surface area contributed by atoms with Gasteiger partial charge >= 0.3 is 0 Å². The van der Waals surface area contributed by atoms with Gasteiger partial charge in [-0.05, 0) is 36.5 Å². The van der Waals surface area contributed by atoms with Crippen molar-refractivity contribution < 1.29 is 9.53 Å². The molecule has 136 valence electrons. The van der Waals surface area contributed by atoms with E-state index in [1.54, 1.807) is 14.0 Å². The summed E-state index contributed by atoms with van der Waals surface area (Å²) < 4.78 is 5.25. The highest BCUT2D eigenvalue weighted by atomic mass is 16.5. The van der Waals surface area contributed by atoms with Gasteiger partial charge in [-0.1, -0.05) is 31.2 Å². The average molecular weight is 351 g/mol. The number of hydrogen-bond donors (Lipinski definition) is 1. The van der Waals surface area contributed by atoms with Crippen LogP contribution in [0.2, 0.25) is 0 Å². The van der Waals surface area contributed by atoms with Crippen molar-refractivity contribution in [1.29, 1.82) is 0 Å². The van der Waals surface area contributed by atoms with E-state index in [2.05, 4.69) is 29.4 Å². The summed E-state index contributed by atoms with van der Waals surface area (Å²) in [4.78, 5) is 19.0. The van der Waals surface area contributed by atoms with E-state index >= 15 is 0 Å². The first-order valence-electron chi connectivity index (χ1n) is 9.26. The first kappa shape index (κ1) is 16.9. The number of ether oxygens (including phenoxy) is 1. The first-order chi connectivity index (χ1) is 12.6. The van der Waals surface area contributed by atoms with Crippen molar-refractivity contribution in [2.24, 2.45) is 11.8 Å². The van der Waals surface area contributed by atoms with Crippen molar-refractivity contribution in [3.63, 3.8) is 0 Å². The minimum atomic E-state index is 0.104. The van der Waals surface area contributed by atoms with Crippen LogP contribution >= 0.6 is 0 Å². The third-order valence-electron chi connectivity index (χ3n) is 5.57. The Morgan fingerprint density at radius 1 is 1.19 bits per heavy atom. The number of fused-ring (bicyclic) bond motifs is 1. The number of pyridine rings is 1. The number of nitrogens with zero attached hydrogens (tertiary/aromatic N) is 2. The molecule has 1 aliphatic heterocycles. The zero-order valence-corrected chi connectivity index (χ0v) is 15.5. The van der Waals surface area contributed by atoms with Gasteiger partial charge in [0.1, 0.15) is 5.82 Å². The van der Waals surface area contributed by atoms with Crippen LogP contribution < -0.4 is 15.0 Å². The average Bonchev–Trinajstić information content (AvgIpc) is 3.48. The van der Waals surface area contributed by atoms with E-state index in [0.29, 0.717) is 11.8 Å². The Kier molecular flexibility index (Phi) is 4.31. The van der Waals surface area contributed by atoms with Crippen molar-refractivity contribution in [3.05, 3.63) is 48.0 Å². The molecule has 1 aromatic carbocycles. The maximum Gasteiger partial charge on any atom is 0.224 e. The van der Waals surface area contributed by atoms with Crippen LogP contribution in [0.4, 0.5) is 11.5 Å². The van der Waals surface area contributed by atoms with Crippen molar-refractivity contribution in [2.75, 3.05) is 17.3 Å². The second-order valence-electron chi connectivity index (χ2n) is 7.32. The molecule has 1 aliphatic carbocycles. The molecule has 2 aromatic rings. The highest BCUT2D eigenvalue weighted by Gasteiger charge is 2.47. The smallest absolute Gasteiger partial charge is 0.224 e. The van der Waals surface area contributed by atoms with Crippen molar-refractivity contribution in [2.45, 2.75) is 38.8 Å². The highest BCUT2D eigenvalue weighted by molar-refractivity contribution is 5.94. The molecule has 0 saturated heterocycles. The van der Waals surface area contributed by atoms with Crippen LogP contribution in [0.3, 0.4) is 0 Å². The van der Waals surface area contributed by atoms with Gasteiger partial charge in [0, 0.05) is 30.6 Å². The molecule has 1 saturated carbocycles. The van der Waals surface area contributed by atoms with Gasteiger partial charge < -0.3 is 15.0 Å². The molecule has 26 heavy (non-hydrogen) atoms. The number of rotatable bonds is 4. The molecule has 1 amide bonds. The van der Waals surface area contributed by atoms with E-state index in [9.17, 15) is 4.79 Å². The van der Waals surface area contributed by atoms with Gasteiger partial charge in [-0.15, -0.1) is 0 Å². The Bertz CT molecular complexity index is 818. The maximum atomic E-state index is 12.5. The molecule has 5 nitrogen and oxygen atoms in total. The second-order valence-corrected chi connectivity index (χ2v) is 7.32. The number of hydrogen-bond acceptors (Lipinski definition) is 4. The SMILES string of the molecule is COc1cccc(NC2c3ccccc3N(C(C)=O)[C@@H](C3CC3)[C@@H]2C)n1. The molecule has 4 rings (SSSR count). The molecule has 0 radical (unpaired) electrons. The van der Waals surface area contributed by atoms with E-state index in [-0.39, 0.29) is 23.9 Å². The number of para-hydroxylation sites is 1. The van der Waals surface area contributed by atoms with E-state index in [0.717, 1.165) is 17.1 Å². The van der Waals surface area contributed by atoms with Gasteiger partial charge in [0.15, 0.2) is 0 Å². The van der Waals surface area contributed by atoms with Crippen LogP contribution in [-0.2, 0) is 4.79 Å². The van der Waals surface area contributed by atoms with E-state index in [4.69, 9.17) is 4.74 Å². The van der Waals surface area contributed by atoms with Crippen LogP contribution in [0.1, 0.15) is 38.3 Å². The Morgan fingerprint density at radius 3 is 2.65 bits per heavy atom. The normalized spacial score (nSPS) is 24.7. The summed E-state index contributed by atoms with van der Waals surface area (Å²) in [6.45, 7) is 3.92. The minimum absolute atomic E-state index is 0.104. The molecule has 2 heterocycles. The predicted octanol–water partition coefficient (Wildman–Crippen LogP) is 4.02. The Balaban J connectivity index is 1.75. The van der Waals surface area contributed by atoms with Gasteiger partial charge in [0.25, 0.3) is 0 Å². The molecule has 0 spiro atoms. The maximum absolute atomic E-state index is 12.5. The fourth-order valence-corrected chi connectivity index (χ4v) is 4.28. The summed E-state index contributed by atoms with van der Waals surface area (Å²) in [7, 11) is 1.62. The quantitative estimate of drug-likeness (QED) is 0.904. The highest BCUT2D eigenvalue weighted by Crippen LogP contribution is 2.49. The van der Waals surface area contributed by atoms with Crippen molar-refractivity contribution in [1.82, 2.24) is 4.98 Å². The number of nitrogens with one attached hydrogen (secondary N) is 1. The number of carbonyl (C=O) groups is 1. The lowest BCUT2D eigenvalue weighted by Crippen LogP contribution is -2.51. The van der Waals surface area contributed by atoms with Gasteiger partial charge in [0.2, 0.25) is 11.8 Å². The molecule has 1 aromatic heterocycles. The van der Waals surface area contributed by atoms with E-state index in [1.165, 1.54) is 12.8 Å². The monoisotopic (exact) mass is 351 g/mol. The number of anilines is 2. The zero-order chi connectivity index (χ0) is 18.3. The topological polar surface area (TPSA) is 54.5 Å². The fraction of sp³-hybridized carbons (Fsp3) is 0.429. The standard InChI is InChI=1S/C21H25N3O2/c1-13-20(23-18-9-6-10-19(22-18)26-3)16-7-4-5-8-17(16)24(14(2)25)21(13)15-11-12-15/h4-10,13,15,20-21H,11-12H2,1-3H3,(H,22,23)/t13-,20?,21-/m1/s1. The molecule has 2 aliphatic rings. The largest absolute Gasteiger partial charge is 0.481 e. The van der Waals surface area contributed by atoms with E-state index < -0.39 is 0 Å². The Labute approximate surface area is 154 Å². The third kappa shape index (κ3) is 2.91. The second kappa shape index (κ2) is 6.63. The van der Waals surface area contributed by atoms with Crippen molar-refractivity contribution in [3.8, 4) is 5.88 Å². The van der Waals surface area contributed by atoms with Crippen molar-refractivity contribution >= 4 is 17.4 Å². The number of methoxy groups -OCH3 is 1. The lowest BCUT2D eigenvalue weighted by atomic mass is 9.80. The summed E-state index contributed by atoms with van der Waals surface area (Å²) in [5.41, 5.74) is 2.17. The molecular formula is C21H25N3O2. The Hall–Kier alpha value is -2.56. The van der Waals surface area contributed by atoms with Crippen LogP contribution in [0.15, 0.2) is 42.5 Å². The van der Waals surface area contributed by atoms with Gasteiger partial charge in [-0.2, -0.15) is 4.98 Å². The summed E-state index contributed by atoms with van der Waals surface area (Å²) in [6, 6.07) is 14.3. The fourth-order valence-electron chi connectivity index (χ4n) is 4.28. The van der Waals surface area contributed by atoms with Gasteiger partial charge in [-0.25, -0.2) is 0 Å². The Morgan fingerprint density at radius 2 is 1.96 bits per heavy atom. The summed E-state index contributed by atoms with van der Waals surface area (Å²) in [5, 5.41) is 3.60. The molecule has 1 fully saturated rings. The predicted molar refractivity (Wildman–Crippen MR) is 102 cm³/mol. The van der Waals surface area contributed by atoms with E-state index in [1.807, 2.05) is 35.2 Å². The minimum Gasteiger partial charge on any atom is -0.481 e. The molecule has 1 unspecified atom stereocenters. The van der Waals surface area contributed by atoms with Gasteiger partial charge in [0.05, 0.1) is 13.2 Å². The summed E-state index contributed by atoms with van der Waals surface area (Å²) in [6.07, 6.45) is 2.40. The number of carbonyl (C=O) groups excluding carboxylic acids is 1. The summed E-state index contributed by atoms with van der Waals surface area (Å²) >= 11 is 0. The lowest BCUT2D eigenvalue weighted by Gasteiger charge is -2.45. The summed E-state index contributed by atoms with van der Waals surface area (Å²) in [5.74, 6) is 2.39. The number of aromatic nitrogens is 1. The number of benzene rings is 1. The lowest BCUT2D eigenvalue weighted by molar-refractivity contribution is -0.117. The molecule has 1 N–H and O–H groups in total. The molecular weight excluding hydrogens is 326 g/mol. The van der Waals surface area contributed by atoms with Crippen LogP contribution in [0, 0.1) is 11.8 Å². The van der Waals surface area contributed by atoms with Crippen LogP contribution in [0.5, 0.6) is 5.88 Å². The molecule has 0 bridgehead atoms. The van der Waals surface area contributed by atoms with Crippen LogP contribution in [0.25, 0.3) is 0 Å². The van der Waals surface area contributed by atoms with Crippen LogP contribution in [-0.4, -0.2) is 24.0 Å². The number of amides is 1. The third-order valence-corrected chi connectivity index (χ3v) is 5.57. The molecule has 5 heteroatoms. The molecule has 3 atom stereocenters.